The first kappa shape index (κ1) is 22.4. The summed E-state index contributed by atoms with van der Waals surface area (Å²) in [4.78, 5) is 13.7. The molecule has 0 bridgehead atoms. The molecule has 158 valence electrons. The van der Waals surface area contributed by atoms with E-state index in [2.05, 4.69) is 0 Å². The summed E-state index contributed by atoms with van der Waals surface area (Å²) in [6.07, 6.45) is 0.645. The molecular formula is C22H27BN2O4S. The van der Waals surface area contributed by atoms with E-state index in [9.17, 15) is 13.2 Å². The van der Waals surface area contributed by atoms with Crippen molar-refractivity contribution in [2.24, 2.45) is 5.92 Å². The molecule has 3 rings (SSSR count). The van der Waals surface area contributed by atoms with Crippen LogP contribution in [-0.2, 0) is 16.4 Å². The molecule has 1 amide bonds. The highest BCUT2D eigenvalue weighted by molar-refractivity contribution is 7.89. The lowest BCUT2D eigenvalue weighted by Gasteiger charge is -2.24. The number of hydrogen-bond donors (Lipinski definition) is 0. The third kappa shape index (κ3) is 5.05. The molecule has 0 N–H and O–H groups in total. The van der Waals surface area contributed by atoms with Crippen molar-refractivity contribution in [2.45, 2.75) is 37.2 Å². The number of benzene rings is 2. The van der Waals surface area contributed by atoms with Gasteiger partial charge in [0, 0.05) is 13.1 Å². The number of carbonyl (C=O) groups excluding carboxylic acids is 1. The second-order valence-electron chi connectivity index (χ2n) is 7.96. The minimum Gasteiger partial charge on any atom is -0.497 e. The fourth-order valence-electron chi connectivity index (χ4n) is 3.74. The van der Waals surface area contributed by atoms with Crippen molar-refractivity contribution in [2.75, 3.05) is 20.2 Å². The Kier molecular flexibility index (Phi) is 6.88. The maximum atomic E-state index is 13.3. The molecule has 0 unspecified atom stereocenters. The zero-order chi connectivity index (χ0) is 21.9. The SMILES string of the molecule is [B]C(=O)N1[C@H](Cc2ccccc2)[C@H]1CN(CC(C)C)S(=O)(=O)c1ccc(OC)cc1. The molecular weight excluding hydrogens is 399 g/mol. The third-order valence-electron chi connectivity index (χ3n) is 5.27. The van der Waals surface area contributed by atoms with Gasteiger partial charge in [0.1, 0.15) is 5.75 Å². The van der Waals surface area contributed by atoms with Gasteiger partial charge in [-0.15, -0.1) is 0 Å². The standard InChI is InChI=1S/C22H27BN2O4S/c1-16(2)14-24(30(27,28)19-11-9-18(29-3)10-12-19)15-21-20(25(21)22(23)26)13-17-7-5-4-6-8-17/h4-12,16,20-21H,13-15H2,1-3H3/t20-,21-,25?/m1/s1. The topological polar surface area (TPSA) is 66.7 Å². The van der Waals surface area contributed by atoms with Crippen molar-refractivity contribution in [3.8, 4) is 5.75 Å². The van der Waals surface area contributed by atoms with Crippen molar-refractivity contribution in [3.63, 3.8) is 0 Å². The van der Waals surface area contributed by atoms with E-state index in [-0.39, 0.29) is 29.4 Å². The predicted octanol–water partition coefficient (Wildman–Crippen LogP) is 2.93. The summed E-state index contributed by atoms with van der Waals surface area (Å²) in [5.74, 6) is 0.202. The third-order valence-corrected chi connectivity index (χ3v) is 7.11. The summed E-state index contributed by atoms with van der Waals surface area (Å²) in [5.41, 5.74) is 1.09. The monoisotopic (exact) mass is 426 g/mol. The number of rotatable bonds is 9. The summed E-state index contributed by atoms with van der Waals surface area (Å²) >= 11 is 0. The van der Waals surface area contributed by atoms with Crippen LogP contribution < -0.4 is 4.74 Å². The summed E-state index contributed by atoms with van der Waals surface area (Å²) in [6.45, 7) is 4.51. The van der Waals surface area contributed by atoms with Gasteiger partial charge < -0.3 is 9.64 Å². The van der Waals surface area contributed by atoms with Gasteiger partial charge in [-0.05, 0) is 42.2 Å². The molecule has 6 nitrogen and oxygen atoms in total. The molecule has 0 aromatic heterocycles. The van der Waals surface area contributed by atoms with Gasteiger partial charge in [0.2, 0.25) is 17.9 Å². The zero-order valence-electron chi connectivity index (χ0n) is 17.6. The molecule has 1 heterocycles. The molecule has 1 fully saturated rings. The van der Waals surface area contributed by atoms with Gasteiger partial charge in [-0.1, -0.05) is 44.2 Å². The summed E-state index contributed by atoms with van der Waals surface area (Å²) in [7, 11) is 3.38. The number of sulfonamides is 1. The maximum absolute atomic E-state index is 13.3. The molecule has 0 spiro atoms. The number of amides is 1. The van der Waals surface area contributed by atoms with Crippen LogP contribution in [0.25, 0.3) is 0 Å². The van der Waals surface area contributed by atoms with Crippen molar-refractivity contribution in [1.82, 2.24) is 9.21 Å². The number of nitrogens with zero attached hydrogens (tertiary/aromatic N) is 2. The summed E-state index contributed by atoms with van der Waals surface area (Å²) < 4.78 is 33.2. The average molecular weight is 426 g/mol. The van der Waals surface area contributed by atoms with E-state index in [1.54, 1.807) is 29.2 Å². The van der Waals surface area contributed by atoms with Crippen molar-refractivity contribution >= 4 is 23.7 Å². The first-order valence-corrected chi connectivity index (χ1v) is 11.4. The van der Waals surface area contributed by atoms with E-state index < -0.39 is 15.8 Å². The van der Waals surface area contributed by atoms with Crippen LogP contribution in [-0.4, -0.2) is 63.6 Å². The normalized spacial score (nSPS) is 18.6. The minimum absolute atomic E-state index is 0.106. The van der Waals surface area contributed by atoms with Crippen LogP contribution >= 0.6 is 0 Å². The summed E-state index contributed by atoms with van der Waals surface area (Å²) in [5, 5.41) is 0. The number of carbonyl (C=O) groups is 1. The smallest absolute Gasteiger partial charge is 0.243 e. The maximum Gasteiger partial charge on any atom is 0.243 e. The lowest BCUT2D eigenvalue weighted by atomic mass is 10.1. The molecule has 8 heteroatoms. The van der Waals surface area contributed by atoms with E-state index in [1.807, 2.05) is 44.2 Å². The van der Waals surface area contributed by atoms with Gasteiger partial charge >= 0.3 is 0 Å². The number of hydrogen-bond acceptors (Lipinski definition) is 4. The molecule has 2 aromatic carbocycles. The number of ether oxygens (including phenoxy) is 1. The van der Waals surface area contributed by atoms with Gasteiger partial charge in [-0.3, -0.25) is 4.79 Å². The molecule has 0 saturated carbocycles. The van der Waals surface area contributed by atoms with Crippen LogP contribution in [0.4, 0.5) is 4.79 Å². The molecule has 1 aliphatic rings. The highest BCUT2D eigenvalue weighted by Crippen LogP contribution is 2.34. The Hall–Kier alpha value is -2.32. The van der Waals surface area contributed by atoms with E-state index in [0.717, 1.165) is 5.56 Å². The molecule has 30 heavy (non-hydrogen) atoms. The van der Waals surface area contributed by atoms with Gasteiger partial charge in [0.15, 0.2) is 5.81 Å². The molecule has 2 aromatic rings. The Bertz CT molecular complexity index is 964. The van der Waals surface area contributed by atoms with E-state index >= 15 is 0 Å². The van der Waals surface area contributed by atoms with Gasteiger partial charge in [-0.25, -0.2) is 8.42 Å². The first-order chi connectivity index (χ1) is 14.2. The average Bonchev–Trinajstić information content (AvgIpc) is 3.40. The van der Waals surface area contributed by atoms with Crippen LogP contribution in [0.15, 0.2) is 59.5 Å². The molecule has 1 aliphatic heterocycles. The van der Waals surface area contributed by atoms with Gasteiger partial charge in [-0.2, -0.15) is 4.31 Å². The fourth-order valence-corrected chi connectivity index (χ4v) is 5.37. The lowest BCUT2D eigenvalue weighted by molar-refractivity contribution is 0.244. The Morgan fingerprint density at radius 3 is 2.27 bits per heavy atom. The minimum atomic E-state index is -3.72. The Morgan fingerprint density at radius 2 is 1.73 bits per heavy atom. The van der Waals surface area contributed by atoms with Crippen molar-refractivity contribution in [1.29, 1.82) is 0 Å². The highest BCUT2D eigenvalue weighted by Gasteiger charge is 2.50. The van der Waals surface area contributed by atoms with Gasteiger partial charge in [0.25, 0.3) is 0 Å². The second-order valence-corrected chi connectivity index (χ2v) is 9.90. The van der Waals surface area contributed by atoms with E-state index in [4.69, 9.17) is 12.6 Å². The van der Waals surface area contributed by atoms with Gasteiger partial charge in [0.05, 0.1) is 24.1 Å². The van der Waals surface area contributed by atoms with Crippen LogP contribution in [0.3, 0.4) is 0 Å². The Morgan fingerprint density at radius 1 is 1.10 bits per heavy atom. The van der Waals surface area contributed by atoms with Crippen molar-refractivity contribution in [3.05, 3.63) is 60.2 Å². The Labute approximate surface area is 180 Å². The van der Waals surface area contributed by atoms with Crippen LogP contribution in [0.5, 0.6) is 5.75 Å². The van der Waals surface area contributed by atoms with Crippen molar-refractivity contribution < 1.29 is 17.9 Å². The molecule has 1 saturated heterocycles. The summed E-state index contributed by atoms with van der Waals surface area (Å²) in [6, 6.07) is 15.8. The van der Waals surface area contributed by atoms with Crippen LogP contribution in [0.1, 0.15) is 19.4 Å². The molecule has 2 radical (unpaired) electrons. The van der Waals surface area contributed by atoms with Crippen LogP contribution in [0.2, 0.25) is 0 Å². The van der Waals surface area contributed by atoms with Crippen LogP contribution in [0, 0.1) is 5.92 Å². The first-order valence-electron chi connectivity index (χ1n) is 10.00. The van der Waals surface area contributed by atoms with E-state index in [0.29, 0.717) is 18.7 Å². The quantitative estimate of drug-likeness (QED) is 0.457. The largest absolute Gasteiger partial charge is 0.497 e. The Balaban J connectivity index is 1.81. The lowest BCUT2D eigenvalue weighted by Crippen LogP contribution is -2.38. The number of methoxy groups -OCH3 is 1. The fraction of sp³-hybridized carbons (Fsp3) is 0.409. The highest BCUT2D eigenvalue weighted by atomic mass is 32.2. The van der Waals surface area contributed by atoms with E-state index in [1.165, 1.54) is 11.4 Å². The second kappa shape index (κ2) is 9.22. The molecule has 0 aliphatic carbocycles. The zero-order valence-corrected chi connectivity index (χ0v) is 18.4. The molecule has 2 atom stereocenters. The predicted molar refractivity (Wildman–Crippen MR) is 117 cm³/mol.